The summed E-state index contributed by atoms with van der Waals surface area (Å²) in [6.07, 6.45) is 1.76. The predicted octanol–water partition coefficient (Wildman–Crippen LogP) is 2.63. The highest BCUT2D eigenvalue weighted by molar-refractivity contribution is 7.80. The van der Waals surface area contributed by atoms with Crippen LogP contribution in [0.25, 0.3) is 16.5 Å². The zero-order valence-electron chi connectivity index (χ0n) is 10.7. The molecule has 3 rings (SSSR count). The number of carbonyl (C=O) groups is 1. The number of nitrogens with one attached hydrogen (secondary N) is 2. The molecule has 2 N–H and O–H groups in total. The fourth-order valence-corrected chi connectivity index (χ4v) is 3.10. The molecule has 2 aromatic rings. The third-order valence-corrected chi connectivity index (χ3v) is 4.19. The molecule has 0 unspecified atom stereocenters. The lowest BCUT2D eigenvalue weighted by molar-refractivity contribution is -0.115. The molecule has 0 radical (unpaired) electrons. The van der Waals surface area contributed by atoms with Crippen molar-refractivity contribution in [2.24, 2.45) is 0 Å². The van der Waals surface area contributed by atoms with Crippen LogP contribution in [0.5, 0.6) is 0 Å². The van der Waals surface area contributed by atoms with Crippen LogP contribution in [-0.4, -0.2) is 11.0 Å². The van der Waals surface area contributed by atoms with E-state index in [0.29, 0.717) is 16.4 Å². The van der Waals surface area contributed by atoms with Crippen LogP contribution in [0.2, 0.25) is 0 Å². The summed E-state index contributed by atoms with van der Waals surface area (Å²) in [6, 6.07) is 13.5. The van der Waals surface area contributed by atoms with Gasteiger partial charge in [-0.05, 0) is 48.1 Å². The van der Waals surface area contributed by atoms with Crippen LogP contribution in [0.15, 0.2) is 42.1 Å². The maximum absolute atomic E-state index is 11.6. The molecule has 1 fully saturated rings. The van der Waals surface area contributed by atoms with E-state index in [1.807, 2.05) is 30.3 Å². The summed E-state index contributed by atoms with van der Waals surface area (Å²) in [5, 5.41) is 14.6. The van der Waals surface area contributed by atoms with E-state index in [2.05, 4.69) is 16.7 Å². The Bertz CT molecular complexity index is 814. The Balaban J connectivity index is 1.90. The van der Waals surface area contributed by atoms with Crippen LogP contribution in [0.4, 0.5) is 0 Å². The predicted molar refractivity (Wildman–Crippen MR) is 86.3 cm³/mol. The van der Waals surface area contributed by atoms with E-state index in [1.165, 1.54) is 0 Å². The van der Waals surface area contributed by atoms with Crippen molar-refractivity contribution in [1.82, 2.24) is 10.6 Å². The van der Waals surface area contributed by atoms with Gasteiger partial charge in [0, 0.05) is 9.75 Å². The van der Waals surface area contributed by atoms with Gasteiger partial charge in [0.1, 0.15) is 5.70 Å². The number of benzene rings is 1. The first kappa shape index (κ1) is 13.5. The Labute approximate surface area is 130 Å². The molecule has 4 nitrogen and oxygen atoms in total. The normalized spacial score (nSPS) is 15.7. The molecule has 0 bridgehead atoms. The zero-order chi connectivity index (χ0) is 14.8. The lowest BCUT2D eigenvalue weighted by Crippen LogP contribution is -2.21. The van der Waals surface area contributed by atoms with Crippen molar-refractivity contribution in [2.45, 2.75) is 0 Å². The average Bonchev–Trinajstić information content (AvgIpc) is 3.06. The molecule has 1 amide bonds. The van der Waals surface area contributed by atoms with Gasteiger partial charge in [-0.1, -0.05) is 12.1 Å². The summed E-state index contributed by atoms with van der Waals surface area (Å²) >= 11 is 6.43. The van der Waals surface area contributed by atoms with Gasteiger partial charge in [0.25, 0.3) is 5.91 Å². The minimum absolute atomic E-state index is 0.221. The Morgan fingerprint density at radius 2 is 2.10 bits per heavy atom. The molecule has 1 aromatic heterocycles. The molecule has 0 saturated carbocycles. The molecule has 0 atom stereocenters. The standard InChI is InChI=1S/C15H9N3OS2/c16-8-9-2-1-3-10(6-9)13-5-4-11(21-13)7-12-14(19)18-15(20)17-12/h1-7H,(H2,17,18,19,20)/b12-7+. The first-order valence-electron chi connectivity index (χ1n) is 6.10. The summed E-state index contributed by atoms with van der Waals surface area (Å²) in [6.45, 7) is 0. The molecule has 2 heterocycles. The summed E-state index contributed by atoms with van der Waals surface area (Å²) in [5.74, 6) is -0.221. The van der Waals surface area contributed by atoms with Gasteiger partial charge in [-0.15, -0.1) is 11.3 Å². The van der Waals surface area contributed by atoms with Crippen LogP contribution in [0.3, 0.4) is 0 Å². The number of amides is 1. The Hall–Kier alpha value is -2.49. The molecule has 0 spiro atoms. The third-order valence-electron chi connectivity index (χ3n) is 2.91. The Morgan fingerprint density at radius 1 is 1.24 bits per heavy atom. The molecule has 1 aliphatic heterocycles. The van der Waals surface area contributed by atoms with Gasteiger partial charge in [0.2, 0.25) is 0 Å². The molecule has 1 saturated heterocycles. The van der Waals surface area contributed by atoms with E-state index in [4.69, 9.17) is 17.5 Å². The maximum Gasteiger partial charge on any atom is 0.273 e. The second kappa shape index (κ2) is 5.48. The van der Waals surface area contributed by atoms with Crippen molar-refractivity contribution in [1.29, 1.82) is 5.26 Å². The van der Waals surface area contributed by atoms with Crippen LogP contribution in [-0.2, 0) is 4.79 Å². The first-order valence-corrected chi connectivity index (χ1v) is 7.32. The van der Waals surface area contributed by atoms with Gasteiger partial charge in [0.15, 0.2) is 5.11 Å². The quantitative estimate of drug-likeness (QED) is 0.661. The van der Waals surface area contributed by atoms with E-state index in [0.717, 1.165) is 15.3 Å². The summed E-state index contributed by atoms with van der Waals surface area (Å²) in [5.41, 5.74) is 2.06. The van der Waals surface area contributed by atoms with Crippen LogP contribution in [0.1, 0.15) is 10.4 Å². The summed E-state index contributed by atoms with van der Waals surface area (Å²) in [7, 11) is 0. The monoisotopic (exact) mass is 311 g/mol. The van der Waals surface area contributed by atoms with E-state index < -0.39 is 0 Å². The van der Waals surface area contributed by atoms with Crippen molar-refractivity contribution >= 4 is 40.7 Å². The van der Waals surface area contributed by atoms with E-state index in [1.54, 1.807) is 23.5 Å². The van der Waals surface area contributed by atoms with Gasteiger partial charge in [-0.3, -0.25) is 10.1 Å². The third kappa shape index (κ3) is 2.84. The smallest absolute Gasteiger partial charge is 0.273 e. The zero-order valence-corrected chi connectivity index (χ0v) is 12.3. The second-order valence-corrected chi connectivity index (χ2v) is 5.88. The van der Waals surface area contributed by atoms with Crippen molar-refractivity contribution in [3.05, 3.63) is 52.5 Å². The second-order valence-electron chi connectivity index (χ2n) is 4.36. The average molecular weight is 311 g/mol. The molecule has 1 aliphatic rings. The highest BCUT2D eigenvalue weighted by atomic mass is 32.1. The van der Waals surface area contributed by atoms with Crippen molar-refractivity contribution in [2.75, 3.05) is 0 Å². The van der Waals surface area contributed by atoms with Gasteiger partial charge in [-0.25, -0.2) is 0 Å². The minimum Gasteiger partial charge on any atom is -0.328 e. The molecular weight excluding hydrogens is 302 g/mol. The van der Waals surface area contributed by atoms with Crippen LogP contribution >= 0.6 is 23.6 Å². The number of nitrogens with zero attached hydrogens (tertiary/aromatic N) is 1. The van der Waals surface area contributed by atoms with Gasteiger partial charge in [0.05, 0.1) is 11.6 Å². The number of thiophene rings is 1. The largest absolute Gasteiger partial charge is 0.328 e. The maximum atomic E-state index is 11.6. The van der Waals surface area contributed by atoms with E-state index in [-0.39, 0.29) is 5.91 Å². The number of hydrogen-bond acceptors (Lipinski definition) is 4. The molecule has 102 valence electrons. The van der Waals surface area contributed by atoms with Crippen molar-refractivity contribution in [3.8, 4) is 16.5 Å². The van der Waals surface area contributed by atoms with Gasteiger partial charge in [-0.2, -0.15) is 5.26 Å². The van der Waals surface area contributed by atoms with Crippen LogP contribution in [0, 0.1) is 11.3 Å². The molecule has 21 heavy (non-hydrogen) atoms. The van der Waals surface area contributed by atoms with Crippen LogP contribution < -0.4 is 10.6 Å². The SMILES string of the molecule is N#Cc1cccc(-c2ccc(/C=C3/NC(=S)NC3=O)s2)c1. The van der Waals surface area contributed by atoms with Crippen molar-refractivity contribution < 1.29 is 4.79 Å². The summed E-state index contributed by atoms with van der Waals surface area (Å²) < 4.78 is 0. The first-order chi connectivity index (χ1) is 10.2. The lowest BCUT2D eigenvalue weighted by atomic mass is 10.1. The number of thiocarbonyl (C=S) groups is 1. The van der Waals surface area contributed by atoms with Crippen molar-refractivity contribution in [3.63, 3.8) is 0 Å². The lowest BCUT2D eigenvalue weighted by Gasteiger charge is -1.97. The molecule has 1 aromatic carbocycles. The number of rotatable bonds is 2. The molecular formula is C15H9N3OS2. The van der Waals surface area contributed by atoms with E-state index >= 15 is 0 Å². The molecule has 6 heteroatoms. The van der Waals surface area contributed by atoms with Gasteiger partial charge >= 0.3 is 0 Å². The highest BCUT2D eigenvalue weighted by Gasteiger charge is 2.20. The van der Waals surface area contributed by atoms with E-state index in [9.17, 15) is 4.79 Å². The Morgan fingerprint density at radius 3 is 2.81 bits per heavy atom. The summed E-state index contributed by atoms with van der Waals surface area (Å²) in [4.78, 5) is 13.6. The highest BCUT2D eigenvalue weighted by Crippen LogP contribution is 2.29. The fourth-order valence-electron chi connectivity index (χ4n) is 1.95. The number of carbonyl (C=O) groups excluding carboxylic acids is 1. The minimum atomic E-state index is -0.221. The fraction of sp³-hybridized carbons (Fsp3) is 0. The molecule has 0 aliphatic carbocycles. The number of nitriles is 1. The number of hydrogen-bond donors (Lipinski definition) is 2. The Kier molecular flexibility index (Phi) is 3.52. The topological polar surface area (TPSA) is 64.9 Å². The van der Waals surface area contributed by atoms with Gasteiger partial charge < -0.3 is 5.32 Å².